The van der Waals surface area contributed by atoms with Crippen LogP contribution in [0.5, 0.6) is 11.5 Å². The first-order valence-electron chi connectivity index (χ1n) is 17.4. The number of nitrogens with two attached hydrogens (primary N) is 1. The molecule has 6 rings (SSSR count). The van der Waals surface area contributed by atoms with E-state index in [1.807, 2.05) is 116 Å². The quantitative estimate of drug-likeness (QED) is 0.156. The van der Waals surface area contributed by atoms with Crippen molar-refractivity contribution < 1.29 is 19.1 Å². The Morgan fingerprint density at radius 3 is 2.27 bits per heavy atom. The van der Waals surface area contributed by atoms with Crippen molar-refractivity contribution in [2.24, 2.45) is 28.5 Å². The molecule has 0 radical (unpaired) electrons. The zero-order chi connectivity index (χ0) is 34.2. The fourth-order valence-electron chi connectivity index (χ4n) is 7.18. The first-order valence-corrected chi connectivity index (χ1v) is 17.4. The van der Waals surface area contributed by atoms with Gasteiger partial charge in [0.1, 0.15) is 11.5 Å². The van der Waals surface area contributed by atoms with Crippen molar-refractivity contribution in [1.29, 1.82) is 0 Å². The third-order valence-corrected chi connectivity index (χ3v) is 9.60. The predicted molar refractivity (Wildman–Crippen MR) is 192 cm³/mol. The van der Waals surface area contributed by atoms with E-state index in [-0.39, 0.29) is 18.4 Å². The minimum absolute atomic E-state index is 0.219. The van der Waals surface area contributed by atoms with E-state index < -0.39 is 23.9 Å². The number of carbonyl (C=O) groups excluding carboxylic acids is 3. The number of para-hydroxylation sites is 2. The Bertz CT molecular complexity index is 1790. The first kappa shape index (κ1) is 33.7. The van der Waals surface area contributed by atoms with E-state index in [9.17, 15) is 14.4 Å². The average molecular weight is 657 g/mol. The molecule has 3 N–H and O–H groups in total. The molecule has 0 aromatic heterocycles. The van der Waals surface area contributed by atoms with Crippen molar-refractivity contribution in [3.8, 4) is 11.5 Å². The van der Waals surface area contributed by atoms with E-state index in [4.69, 9.17) is 15.5 Å². The van der Waals surface area contributed by atoms with Crippen molar-refractivity contribution in [2.75, 3.05) is 4.90 Å². The molecule has 0 saturated heterocycles. The summed E-state index contributed by atoms with van der Waals surface area (Å²) in [4.78, 5) is 48.4. The zero-order valence-corrected chi connectivity index (χ0v) is 28.0. The molecule has 252 valence electrons. The molecule has 0 bridgehead atoms. The lowest BCUT2D eigenvalue weighted by Gasteiger charge is -2.29. The highest BCUT2D eigenvalue weighted by atomic mass is 16.5. The second kappa shape index (κ2) is 15.8. The SMILES string of the molecule is CCC[C@H](C(N)=O)[C@@H](CC1CCCC1)C(=O)NC1N=C(c2ccccc2)c2ccccc2N(Cc2cccc(Oc3ccccc3)c2)C1=O. The van der Waals surface area contributed by atoms with Crippen LogP contribution < -0.4 is 20.7 Å². The summed E-state index contributed by atoms with van der Waals surface area (Å²) in [5.74, 6) is -0.771. The van der Waals surface area contributed by atoms with Crippen LogP contribution in [-0.2, 0) is 20.9 Å². The van der Waals surface area contributed by atoms with Crippen molar-refractivity contribution in [2.45, 2.75) is 64.6 Å². The molecule has 3 amide bonds. The highest BCUT2D eigenvalue weighted by molar-refractivity contribution is 6.20. The van der Waals surface area contributed by atoms with Crippen LogP contribution in [0.3, 0.4) is 0 Å². The molecule has 1 saturated carbocycles. The molecular weight excluding hydrogens is 612 g/mol. The summed E-state index contributed by atoms with van der Waals surface area (Å²) in [6, 6.07) is 34.6. The maximum Gasteiger partial charge on any atom is 0.272 e. The van der Waals surface area contributed by atoms with Crippen LogP contribution in [0.15, 0.2) is 114 Å². The van der Waals surface area contributed by atoms with Crippen LogP contribution in [0.4, 0.5) is 5.69 Å². The van der Waals surface area contributed by atoms with E-state index in [2.05, 4.69) is 5.32 Å². The highest BCUT2D eigenvalue weighted by Gasteiger charge is 2.38. The lowest BCUT2D eigenvalue weighted by molar-refractivity contribution is -0.136. The summed E-state index contributed by atoms with van der Waals surface area (Å²) in [5.41, 5.74) is 9.65. The molecule has 8 heteroatoms. The molecule has 8 nitrogen and oxygen atoms in total. The van der Waals surface area contributed by atoms with Gasteiger partial charge in [-0.25, -0.2) is 4.99 Å². The van der Waals surface area contributed by atoms with E-state index >= 15 is 0 Å². The first-order chi connectivity index (χ1) is 23.9. The number of nitrogens with zero attached hydrogens (tertiary/aromatic N) is 2. The lowest BCUT2D eigenvalue weighted by atomic mass is 9.80. The normalized spacial score (nSPS) is 17.4. The zero-order valence-electron chi connectivity index (χ0n) is 28.0. The van der Waals surface area contributed by atoms with Crippen molar-refractivity contribution in [3.63, 3.8) is 0 Å². The van der Waals surface area contributed by atoms with Crippen LogP contribution in [0.1, 0.15) is 68.6 Å². The molecule has 49 heavy (non-hydrogen) atoms. The number of rotatable bonds is 13. The van der Waals surface area contributed by atoms with Gasteiger partial charge in [-0.2, -0.15) is 0 Å². The Morgan fingerprint density at radius 2 is 1.55 bits per heavy atom. The minimum atomic E-state index is -1.22. The number of amides is 3. The van der Waals surface area contributed by atoms with Gasteiger partial charge < -0.3 is 20.7 Å². The summed E-state index contributed by atoms with van der Waals surface area (Å²) in [6.45, 7) is 2.21. The fourth-order valence-corrected chi connectivity index (χ4v) is 7.18. The Morgan fingerprint density at radius 1 is 0.878 bits per heavy atom. The number of nitrogens with one attached hydrogen (secondary N) is 1. The van der Waals surface area contributed by atoms with Crippen LogP contribution >= 0.6 is 0 Å². The summed E-state index contributed by atoms with van der Waals surface area (Å²) < 4.78 is 6.10. The molecule has 1 heterocycles. The van der Waals surface area contributed by atoms with Gasteiger partial charge in [0.15, 0.2) is 0 Å². The minimum Gasteiger partial charge on any atom is -0.457 e. The molecule has 2 aliphatic rings. The van der Waals surface area contributed by atoms with Crippen LogP contribution in [0.2, 0.25) is 0 Å². The molecule has 4 aromatic carbocycles. The van der Waals surface area contributed by atoms with Crippen LogP contribution in [0.25, 0.3) is 0 Å². The van der Waals surface area contributed by atoms with Crippen LogP contribution in [-0.4, -0.2) is 29.6 Å². The van der Waals surface area contributed by atoms with E-state index in [1.54, 1.807) is 4.90 Å². The predicted octanol–water partition coefficient (Wildman–Crippen LogP) is 7.40. The monoisotopic (exact) mass is 656 g/mol. The number of anilines is 1. The van der Waals surface area contributed by atoms with Gasteiger partial charge in [-0.1, -0.05) is 118 Å². The summed E-state index contributed by atoms with van der Waals surface area (Å²) in [5, 5.41) is 3.02. The Balaban J connectivity index is 1.37. The number of hydrogen-bond donors (Lipinski definition) is 2. The number of fused-ring (bicyclic) bond motifs is 1. The largest absolute Gasteiger partial charge is 0.457 e. The Labute approximate surface area is 288 Å². The fraction of sp³-hybridized carbons (Fsp3) is 0.317. The maximum atomic E-state index is 14.7. The molecule has 4 aromatic rings. The van der Waals surface area contributed by atoms with Crippen molar-refractivity contribution in [3.05, 3.63) is 126 Å². The number of primary amides is 1. The summed E-state index contributed by atoms with van der Waals surface area (Å²) in [6.07, 6.45) is 4.85. The summed E-state index contributed by atoms with van der Waals surface area (Å²) in [7, 11) is 0. The Hall–Kier alpha value is -5.24. The summed E-state index contributed by atoms with van der Waals surface area (Å²) >= 11 is 0. The standard InChI is InChI=1S/C41H44N4O4/c1-2-14-33(38(42)46)35(26-28-15-9-10-16-28)40(47)44-39-41(48)45(27-29-17-13-22-32(25-29)49-31-20-7-4-8-21-31)36-24-12-11-23-34(36)37(43-39)30-18-5-3-6-19-30/h3-8,11-13,17-25,28,33,35,39H,2,9-10,14-16,26-27H2,1H3,(H2,42,46)(H,44,47)/t33-,35+,39?/m0/s1. The molecule has 3 atom stereocenters. The highest BCUT2D eigenvalue weighted by Crippen LogP contribution is 2.35. The van der Waals surface area contributed by atoms with Gasteiger partial charge in [-0.3, -0.25) is 14.4 Å². The van der Waals surface area contributed by atoms with Crippen LogP contribution in [0, 0.1) is 17.8 Å². The third-order valence-electron chi connectivity index (χ3n) is 9.60. The van der Waals surface area contributed by atoms with Gasteiger partial charge in [0.05, 0.1) is 17.9 Å². The smallest absolute Gasteiger partial charge is 0.272 e. The number of hydrogen-bond acceptors (Lipinski definition) is 5. The van der Waals surface area contributed by atoms with Gasteiger partial charge in [0.25, 0.3) is 5.91 Å². The Kier molecular flexibility index (Phi) is 10.8. The topological polar surface area (TPSA) is 114 Å². The van der Waals surface area contributed by atoms with E-state index in [0.717, 1.165) is 48.8 Å². The van der Waals surface area contributed by atoms with Gasteiger partial charge in [-0.05, 0) is 54.7 Å². The van der Waals surface area contributed by atoms with Gasteiger partial charge in [0, 0.05) is 23.0 Å². The molecule has 1 unspecified atom stereocenters. The number of benzene rings is 4. The number of aliphatic imine (C=N–C) groups is 1. The van der Waals surface area contributed by atoms with Crippen molar-refractivity contribution >= 4 is 29.1 Å². The second-order valence-electron chi connectivity index (χ2n) is 13.0. The third kappa shape index (κ3) is 8.08. The molecule has 1 fully saturated rings. The maximum absolute atomic E-state index is 14.7. The molecule has 1 aliphatic heterocycles. The van der Waals surface area contributed by atoms with E-state index in [1.165, 1.54) is 0 Å². The van der Waals surface area contributed by atoms with E-state index in [0.29, 0.717) is 41.7 Å². The van der Waals surface area contributed by atoms with Gasteiger partial charge >= 0.3 is 0 Å². The number of carbonyl (C=O) groups is 3. The average Bonchev–Trinajstić information content (AvgIpc) is 3.61. The lowest BCUT2D eigenvalue weighted by Crippen LogP contribution is -2.50. The molecule has 1 aliphatic carbocycles. The second-order valence-corrected chi connectivity index (χ2v) is 13.0. The van der Waals surface area contributed by atoms with Gasteiger partial charge in [-0.15, -0.1) is 0 Å². The van der Waals surface area contributed by atoms with Gasteiger partial charge in [0.2, 0.25) is 18.0 Å². The molecular formula is C41H44N4O4. The number of ether oxygens (including phenoxy) is 1. The number of benzodiazepines with no additional fused rings is 1. The van der Waals surface area contributed by atoms with Crippen molar-refractivity contribution in [1.82, 2.24) is 5.32 Å². The molecule has 0 spiro atoms.